The number of likely N-dealkylation sites (tertiary alicyclic amines) is 2. The van der Waals surface area contributed by atoms with Gasteiger partial charge in [-0.05, 0) is 32.2 Å². The van der Waals surface area contributed by atoms with Gasteiger partial charge in [-0.15, -0.1) is 0 Å². The minimum atomic E-state index is 0.155. The largest absolute Gasteiger partial charge is 0.372 e. The highest BCUT2D eigenvalue weighted by atomic mass is 16.6. The van der Waals surface area contributed by atoms with Gasteiger partial charge in [0.1, 0.15) is 0 Å². The van der Waals surface area contributed by atoms with Crippen LogP contribution in [0.3, 0.4) is 0 Å². The molecule has 0 aliphatic carbocycles. The summed E-state index contributed by atoms with van der Waals surface area (Å²) in [5.74, 6) is 0.371. The Hall–Kier alpha value is -0.610. The first-order chi connectivity index (χ1) is 7.84. The van der Waals surface area contributed by atoms with Crippen LogP contribution in [-0.2, 0) is 9.53 Å². The normalized spacial score (nSPS) is 34.6. The summed E-state index contributed by atoms with van der Waals surface area (Å²) in [6, 6.07) is 0.155. The van der Waals surface area contributed by atoms with Crippen LogP contribution in [0.4, 0.5) is 0 Å². The maximum atomic E-state index is 12.3. The van der Waals surface area contributed by atoms with Gasteiger partial charge in [0.15, 0.2) is 0 Å². The van der Waals surface area contributed by atoms with Crippen LogP contribution in [0.15, 0.2) is 0 Å². The lowest BCUT2D eigenvalue weighted by Gasteiger charge is -2.27. The Balaban J connectivity index is 1.60. The Morgan fingerprint density at radius 1 is 1.19 bits per heavy atom. The standard InChI is InChI=1S/C12H20N2O2/c15-12(13-5-1-2-6-13)11-4-3-7-14(11)8-10-9-16-10/h10-11H,1-9H2. The molecule has 3 saturated heterocycles. The second kappa shape index (κ2) is 4.34. The van der Waals surface area contributed by atoms with Crippen molar-refractivity contribution in [3.63, 3.8) is 0 Å². The van der Waals surface area contributed by atoms with Crippen LogP contribution in [-0.4, -0.2) is 60.6 Å². The first-order valence-corrected chi connectivity index (χ1v) is 6.49. The van der Waals surface area contributed by atoms with Crippen molar-refractivity contribution < 1.29 is 9.53 Å². The molecular weight excluding hydrogens is 204 g/mol. The monoisotopic (exact) mass is 224 g/mol. The zero-order valence-corrected chi connectivity index (χ0v) is 9.73. The van der Waals surface area contributed by atoms with Crippen LogP contribution in [0.25, 0.3) is 0 Å². The van der Waals surface area contributed by atoms with Gasteiger partial charge in [-0.2, -0.15) is 0 Å². The average Bonchev–Trinajstić information content (AvgIpc) is 2.82. The number of rotatable bonds is 3. The molecule has 2 atom stereocenters. The quantitative estimate of drug-likeness (QED) is 0.654. The van der Waals surface area contributed by atoms with E-state index in [0.29, 0.717) is 12.0 Å². The third kappa shape index (κ3) is 2.09. The van der Waals surface area contributed by atoms with Gasteiger partial charge in [0.05, 0.1) is 18.8 Å². The molecule has 90 valence electrons. The van der Waals surface area contributed by atoms with Gasteiger partial charge in [-0.25, -0.2) is 0 Å². The summed E-state index contributed by atoms with van der Waals surface area (Å²) in [6.45, 7) is 4.88. The summed E-state index contributed by atoms with van der Waals surface area (Å²) < 4.78 is 5.26. The zero-order valence-electron chi connectivity index (χ0n) is 9.73. The Bertz CT molecular complexity index is 272. The Morgan fingerprint density at radius 3 is 2.62 bits per heavy atom. The predicted molar refractivity (Wildman–Crippen MR) is 60.1 cm³/mol. The van der Waals surface area contributed by atoms with E-state index in [1.807, 2.05) is 0 Å². The molecule has 3 aliphatic rings. The first kappa shape index (κ1) is 10.5. The Kier molecular flexibility index (Phi) is 2.86. The molecule has 0 radical (unpaired) electrons. The number of hydrogen-bond acceptors (Lipinski definition) is 3. The fourth-order valence-electron chi connectivity index (χ4n) is 2.91. The molecule has 4 nitrogen and oxygen atoms in total. The number of amides is 1. The van der Waals surface area contributed by atoms with E-state index in [-0.39, 0.29) is 6.04 Å². The van der Waals surface area contributed by atoms with Crippen LogP contribution in [0, 0.1) is 0 Å². The summed E-state index contributed by atoms with van der Waals surface area (Å²) in [4.78, 5) is 16.7. The van der Waals surface area contributed by atoms with Gasteiger partial charge in [0.25, 0.3) is 0 Å². The molecule has 0 aromatic heterocycles. The van der Waals surface area contributed by atoms with Crippen molar-refractivity contribution in [2.45, 2.75) is 37.8 Å². The fraction of sp³-hybridized carbons (Fsp3) is 0.917. The molecule has 1 amide bonds. The summed E-state index contributed by atoms with van der Waals surface area (Å²) in [7, 11) is 0. The van der Waals surface area contributed by atoms with E-state index in [4.69, 9.17) is 4.74 Å². The third-order valence-corrected chi connectivity index (χ3v) is 3.91. The second-order valence-electron chi connectivity index (χ2n) is 5.14. The number of nitrogens with zero attached hydrogens (tertiary/aromatic N) is 2. The van der Waals surface area contributed by atoms with Crippen molar-refractivity contribution in [2.75, 3.05) is 32.8 Å². The lowest BCUT2D eigenvalue weighted by atomic mass is 10.2. The van der Waals surface area contributed by atoms with Gasteiger partial charge >= 0.3 is 0 Å². The van der Waals surface area contributed by atoms with E-state index in [2.05, 4.69) is 9.80 Å². The van der Waals surface area contributed by atoms with Crippen molar-refractivity contribution in [1.29, 1.82) is 0 Å². The molecule has 16 heavy (non-hydrogen) atoms. The molecule has 2 unspecified atom stereocenters. The molecule has 3 fully saturated rings. The van der Waals surface area contributed by atoms with E-state index < -0.39 is 0 Å². The minimum absolute atomic E-state index is 0.155. The smallest absolute Gasteiger partial charge is 0.239 e. The van der Waals surface area contributed by atoms with Crippen molar-refractivity contribution >= 4 is 5.91 Å². The van der Waals surface area contributed by atoms with Gasteiger partial charge in [-0.1, -0.05) is 0 Å². The summed E-state index contributed by atoms with van der Waals surface area (Å²) in [5.41, 5.74) is 0. The molecule has 3 aliphatic heterocycles. The molecule has 0 aromatic rings. The molecule has 0 saturated carbocycles. The summed E-state index contributed by atoms with van der Waals surface area (Å²) in [5, 5.41) is 0. The first-order valence-electron chi connectivity index (χ1n) is 6.49. The fourth-order valence-corrected chi connectivity index (χ4v) is 2.91. The molecule has 0 N–H and O–H groups in total. The van der Waals surface area contributed by atoms with Crippen molar-refractivity contribution in [3.05, 3.63) is 0 Å². The lowest BCUT2D eigenvalue weighted by molar-refractivity contribution is -0.134. The molecule has 3 rings (SSSR count). The maximum Gasteiger partial charge on any atom is 0.239 e. The molecule has 0 bridgehead atoms. The Labute approximate surface area is 96.5 Å². The van der Waals surface area contributed by atoms with Crippen LogP contribution in [0.2, 0.25) is 0 Å². The second-order valence-corrected chi connectivity index (χ2v) is 5.14. The lowest BCUT2D eigenvalue weighted by Crippen LogP contribution is -2.45. The van der Waals surface area contributed by atoms with Crippen LogP contribution >= 0.6 is 0 Å². The van der Waals surface area contributed by atoms with E-state index in [9.17, 15) is 4.79 Å². The molecule has 3 heterocycles. The van der Waals surface area contributed by atoms with Crippen LogP contribution < -0.4 is 0 Å². The zero-order chi connectivity index (χ0) is 11.0. The Morgan fingerprint density at radius 2 is 1.94 bits per heavy atom. The highest BCUT2D eigenvalue weighted by Gasteiger charge is 2.37. The van der Waals surface area contributed by atoms with Crippen molar-refractivity contribution in [2.24, 2.45) is 0 Å². The van der Waals surface area contributed by atoms with E-state index in [1.54, 1.807) is 0 Å². The van der Waals surface area contributed by atoms with Crippen LogP contribution in [0.5, 0.6) is 0 Å². The SMILES string of the molecule is O=C(C1CCCN1CC1CO1)N1CCCC1. The maximum absolute atomic E-state index is 12.3. The number of hydrogen-bond donors (Lipinski definition) is 0. The van der Waals surface area contributed by atoms with Gasteiger partial charge < -0.3 is 9.64 Å². The molecule has 4 heteroatoms. The van der Waals surface area contributed by atoms with E-state index >= 15 is 0 Å². The number of epoxide rings is 1. The van der Waals surface area contributed by atoms with Crippen molar-refractivity contribution in [1.82, 2.24) is 9.80 Å². The van der Waals surface area contributed by atoms with Gasteiger partial charge in [-0.3, -0.25) is 9.69 Å². The highest BCUT2D eigenvalue weighted by molar-refractivity contribution is 5.82. The molecular formula is C12H20N2O2. The third-order valence-electron chi connectivity index (χ3n) is 3.91. The number of ether oxygens (including phenoxy) is 1. The average molecular weight is 224 g/mol. The minimum Gasteiger partial charge on any atom is -0.372 e. The number of carbonyl (C=O) groups is 1. The predicted octanol–water partition coefficient (Wildman–Crippen LogP) is 0.472. The molecule has 0 spiro atoms. The van der Waals surface area contributed by atoms with Crippen LogP contribution in [0.1, 0.15) is 25.7 Å². The van der Waals surface area contributed by atoms with Gasteiger partial charge in [0, 0.05) is 19.6 Å². The summed E-state index contributed by atoms with van der Waals surface area (Å²) in [6.07, 6.45) is 4.99. The molecule has 0 aromatic carbocycles. The van der Waals surface area contributed by atoms with Crippen molar-refractivity contribution in [3.8, 4) is 0 Å². The highest BCUT2D eigenvalue weighted by Crippen LogP contribution is 2.24. The van der Waals surface area contributed by atoms with E-state index in [1.165, 1.54) is 12.8 Å². The summed E-state index contributed by atoms with van der Waals surface area (Å²) >= 11 is 0. The van der Waals surface area contributed by atoms with Gasteiger partial charge in [0.2, 0.25) is 5.91 Å². The van der Waals surface area contributed by atoms with E-state index in [0.717, 1.165) is 45.6 Å². The topological polar surface area (TPSA) is 36.1 Å². The number of carbonyl (C=O) groups excluding carboxylic acids is 1.